The van der Waals surface area contributed by atoms with Crippen molar-refractivity contribution in [1.82, 2.24) is 13.9 Å². The van der Waals surface area contributed by atoms with Crippen LogP contribution in [0.25, 0.3) is 0 Å². The molecule has 68 valence electrons. The van der Waals surface area contributed by atoms with Gasteiger partial charge in [-0.3, -0.25) is 0 Å². The Morgan fingerprint density at radius 2 is 1.62 bits per heavy atom. The monoisotopic (exact) mass is 179 g/mol. The first-order valence-corrected chi connectivity index (χ1v) is 4.28. The predicted octanol–water partition coefficient (Wildman–Crippen LogP) is -0.596. The lowest BCUT2D eigenvalue weighted by atomic mass is 10.2. The molecular formula is C8H9N3O2. The number of hydrogen-bond acceptors (Lipinski definition) is 2. The molecule has 1 aliphatic heterocycles. The summed E-state index contributed by atoms with van der Waals surface area (Å²) in [5, 5.41) is 0. The van der Waals surface area contributed by atoms with E-state index in [0.717, 1.165) is 11.0 Å². The van der Waals surface area contributed by atoms with E-state index >= 15 is 0 Å². The Kier molecular flexibility index (Phi) is 0.995. The van der Waals surface area contributed by atoms with Crippen LogP contribution >= 0.6 is 0 Å². The van der Waals surface area contributed by atoms with Gasteiger partial charge in [-0.1, -0.05) is 12.2 Å². The van der Waals surface area contributed by atoms with E-state index in [0.29, 0.717) is 0 Å². The first-order valence-electron chi connectivity index (χ1n) is 4.28. The molecule has 0 amide bonds. The third-order valence-corrected chi connectivity index (χ3v) is 2.86. The number of aromatic nitrogens is 3. The summed E-state index contributed by atoms with van der Waals surface area (Å²) in [6, 6.07) is 0.206. The highest BCUT2D eigenvalue weighted by molar-refractivity contribution is 5.12. The van der Waals surface area contributed by atoms with Gasteiger partial charge in [-0.2, -0.15) is 0 Å². The van der Waals surface area contributed by atoms with Crippen molar-refractivity contribution in [2.75, 3.05) is 0 Å². The summed E-state index contributed by atoms with van der Waals surface area (Å²) in [6.45, 7) is 0. The summed E-state index contributed by atoms with van der Waals surface area (Å²) in [5.41, 5.74) is -0.413. The number of allylic oxidation sites excluding steroid dienone is 2. The molecule has 0 N–H and O–H groups in total. The van der Waals surface area contributed by atoms with Gasteiger partial charge in [-0.25, -0.2) is 23.5 Å². The van der Waals surface area contributed by atoms with Crippen molar-refractivity contribution in [3.05, 3.63) is 33.1 Å². The van der Waals surface area contributed by atoms with E-state index < -0.39 is 0 Å². The molecule has 2 aliphatic rings. The molecule has 3 rings (SSSR count). The lowest BCUT2D eigenvalue weighted by Crippen LogP contribution is -2.27. The van der Waals surface area contributed by atoms with Gasteiger partial charge in [-0.05, 0) is 6.42 Å². The third kappa shape index (κ3) is 0.599. The third-order valence-electron chi connectivity index (χ3n) is 2.86. The van der Waals surface area contributed by atoms with E-state index in [9.17, 15) is 9.59 Å². The van der Waals surface area contributed by atoms with Crippen LogP contribution in [-0.4, -0.2) is 13.9 Å². The highest BCUT2D eigenvalue weighted by atomic mass is 16.2. The van der Waals surface area contributed by atoms with Gasteiger partial charge in [0.15, 0.2) is 0 Å². The average molecular weight is 179 g/mol. The molecule has 0 spiro atoms. The Morgan fingerprint density at radius 3 is 2.08 bits per heavy atom. The zero-order chi connectivity index (χ0) is 9.16. The summed E-state index contributed by atoms with van der Waals surface area (Å²) in [4.78, 5) is 23.1. The van der Waals surface area contributed by atoms with Crippen molar-refractivity contribution in [1.29, 1.82) is 0 Å². The Morgan fingerprint density at radius 1 is 1.15 bits per heavy atom. The Hall–Kier alpha value is -1.52. The fourth-order valence-corrected chi connectivity index (χ4v) is 2.20. The number of hydrogen-bond donors (Lipinski definition) is 0. The Labute approximate surface area is 73.5 Å². The average Bonchev–Trinajstić information content (AvgIpc) is 2.76. The largest absolute Gasteiger partial charge is 0.347 e. The van der Waals surface area contributed by atoms with Gasteiger partial charge in [0.05, 0.1) is 12.1 Å². The molecule has 2 bridgehead atoms. The molecular weight excluding hydrogens is 170 g/mol. The van der Waals surface area contributed by atoms with E-state index in [1.165, 1.54) is 7.05 Å². The summed E-state index contributed by atoms with van der Waals surface area (Å²) in [5.74, 6) is 0. The maximum atomic E-state index is 11.5. The van der Waals surface area contributed by atoms with Crippen molar-refractivity contribution in [2.45, 2.75) is 18.5 Å². The van der Waals surface area contributed by atoms with E-state index in [1.807, 2.05) is 12.2 Å². The van der Waals surface area contributed by atoms with Crippen molar-refractivity contribution in [2.24, 2.45) is 7.05 Å². The second-order valence-electron chi connectivity index (χ2n) is 3.57. The van der Waals surface area contributed by atoms with Crippen LogP contribution in [0.2, 0.25) is 0 Å². The second kappa shape index (κ2) is 1.86. The van der Waals surface area contributed by atoms with Crippen LogP contribution in [0, 0.1) is 0 Å². The maximum absolute atomic E-state index is 11.5. The van der Waals surface area contributed by atoms with Crippen LogP contribution in [0.1, 0.15) is 18.5 Å². The Bertz CT molecular complexity index is 473. The van der Waals surface area contributed by atoms with Gasteiger partial charge >= 0.3 is 11.4 Å². The summed E-state index contributed by atoms with van der Waals surface area (Å²) in [7, 11) is 1.52. The van der Waals surface area contributed by atoms with Gasteiger partial charge in [0.25, 0.3) is 0 Å². The molecule has 1 aromatic heterocycles. The molecule has 2 heterocycles. The van der Waals surface area contributed by atoms with Gasteiger partial charge in [0.2, 0.25) is 0 Å². The van der Waals surface area contributed by atoms with Crippen molar-refractivity contribution >= 4 is 0 Å². The molecule has 5 heteroatoms. The van der Waals surface area contributed by atoms with Crippen LogP contribution in [0.4, 0.5) is 0 Å². The van der Waals surface area contributed by atoms with Crippen molar-refractivity contribution < 1.29 is 0 Å². The molecule has 2 atom stereocenters. The maximum Gasteiger partial charge on any atom is 0.347 e. The molecule has 1 aromatic rings. The van der Waals surface area contributed by atoms with Crippen LogP contribution in [0.3, 0.4) is 0 Å². The SMILES string of the molecule is Cn1c(=O)n2n(c1=O)[C@H]1C=C[C@@H]2C1. The number of nitrogens with zero attached hydrogens (tertiary/aromatic N) is 3. The quantitative estimate of drug-likeness (QED) is 0.499. The minimum atomic E-state index is -0.207. The Balaban J connectivity index is 2.47. The molecule has 1 aliphatic carbocycles. The zero-order valence-electron chi connectivity index (χ0n) is 7.17. The van der Waals surface area contributed by atoms with Crippen LogP contribution in [0.15, 0.2) is 21.7 Å². The van der Waals surface area contributed by atoms with Gasteiger partial charge < -0.3 is 0 Å². The normalized spacial score (nSPS) is 28.4. The number of fused-ring (bicyclic) bond motifs is 5. The fraction of sp³-hybridized carbons (Fsp3) is 0.500. The molecule has 0 saturated heterocycles. The molecule has 0 saturated carbocycles. The topological polar surface area (TPSA) is 48.9 Å². The van der Waals surface area contributed by atoms with E-state index in [1.54, 1.807) is 9.36 Å². The highest BCUT2D eigenvalue weighted by Gasteiger charge is 2.36. The van der Waals surface area contributed by atoms with E-state index in [4.69, 9.17) is 0 Å². The minimum absolute atomic E-state index is 0.103. The molecule has 5 nitrogen and oxygen atoms in total. The van der Waals surface area contributed by atoms with E-state index in [2.05, 4.69) is 0 Å². The lowest BCUT2D eigenvalue weighted by Gasteiger charge is -2.07. The van der Waals surface area contributed by atoms with Crippen LogP contribution < -0.4 is 11.4 Å². The van der Waals surface area contributed by atoms with Gasteiger partial charge in [0, 0.05) is 7.05 Å². The summed E-state index contributed by atoms with van der Waals surface area (Å²) >= 11 is 0. The lowest BCUT2D eigenvalue weighted by molar-refractivity contribution is 0.505. The molecule has 0 radical (unpaired) electrons. The zero-order valence-corrected chi connectivity index (χ0v) is 7.17. The highest BCUT2D eigenvalue weighted by Crippen LogP contribution is 2.35. The second-order valence-corrected chi connectivity index (χ2v) is 3.57. The minimum Gasteiger partial charge on any atom is -0.246 e. The van der Waals surface area contributed by atoms with Crippen molar-refractivity contribution in [3.8, 4) is 0 Å². The van der Waals surface area contributed by atoms with Gasteiger partial charge in [0.1, 0.15) is 0 Å². The molecule has 0 aromatic carbocycles. The molecule has 0 fully saturated rings. The van der Waals surface area contributed by atoms with Crippen LogP contribution in [-0.2, 0) is 7.05 Å². The van der Waals surface area contributed by atoms with E-state index in [-0.39, 0.29) is 23.5 Å². The summed E-state index contributed by atoms with van der Waals surface area (Å²) in [6.07, 6.45) is 4.85. The fourth-order valence-electron chi connectivity index (χ4n) is 2.20. The van der Waals surface area contributed by atoms with Crippen molar-refractivity contribution in [3.63, 3.8) is 0 Å². The smallest absolute Gasteiger partial charge is 0.246 e. The standard InChI is InChI=1S/C8H9N3O2/c1-9-7(12)10-5-2-3-6(4-5)11(10)8(9)13/h2-3,5-6H,4H2,1H3/t5-,6+. The molecule has 0 unspecified atom stereocenters. The van der Waals surface area contributed by atoms with Crippen LogP contribution in [0.5, 0.6) is 0 Å². The predicted molar refractivity (Wildman–Crippen MR) is 45.8 cm³/mol. The number of rotatable bonds is 0. The summed E-state index contributed by atoms with van der Waals surface area (Å²) < 4.78 is 4.26. The molecule has 13 heavy (non-hydrogen) atoms. The first kappa shape index (κ1) is 6.94. The first-order chi connectivity index (χ1) is 6.20. The van der Waals surface area contributed by atoms with Gasteiger partial charge in [-0.15, -0.1) is 0 Å².